The highest BCUT2D eigenvalue weighted by molar-refractivity contribution is 5.95. The van der Waals surface area contributed by atoms with Crippen LogP contribution in [0.4, 0.5) is 0 Å². The maximum Gasteiger partial charge on any atom is 0.335 e. The van der Waals surface area contributed by atoms with Crippen molar-refractivity contribution in [3.8, 4) is 5.69 Å². The Morgan fingerprint density at radius 1 is 1.04 bits per heavy atom. The molecule has 1 aromatic heterocycles. The van der Waals surface area contributed by atoms with E-state index in [0.717, 1.165) is 5.69 Å². The lowest BCUT2D eigenvalue weighted by Crippen LogP contribution is -2.17. The van der Waals surface area contributed by atoms with E-state index in [4.69, 9.17) is 5.11 Å². The van der Waals surface area contributed by atoms with Gasteiger partial charge in [-0.2, -0.15) is 5.10 Å². The van der Waals surface area contributed by atoms with Gasteiger partial charge in [0.2, 0.25) is 0 Å². The molecule has 0 saturated carbocycles. The molecule has 124 valence electrons. The Bertz CT molecular complexity index is 902. The number of hydrazone groups is 1. The Kier molecular flexibility index (Phi) is 4.56. The van der Waals surface area contributed by atoms with Crippen molar-refractivity contribution in [2.24, 2.45) is 5.10 Å². The average molecular weight is 336 g/mol. The summed E-state index contributed by atoms with van der Waals surface area (Å²) in [5.41, 5.74) is 4.41. The van der Waals surface area contributed by atoms with Crippen LogP contribution in [0, 0.1) is 0 Å². The molecule has 0 aliphatic carbocycles. The lowest BCUT2D eigenvalue weighted by atomic mass is 10.1. The molecule has 0 unspecified atom stereocenters. The standard InChI is InChI=1S/C16H12N6O3/c23-15(12-5-7-14(8-6-12)22-10-18-20-21-22)19-17-9-11-1-3-13(4-2-11)16(24)25/h1-10H,(H,19,23)(H,24,25)/b17-9+. The SMILES string of the molecule is O=C(O)c1ccc(/C=N/NC(=O)c2ccc(-n3cnnn3)cc2)cc1. The zero-order valence-electron chi connectivity index (χ0n) is 12.8. The number of nitrogens with zero attached hydrogens (tertiary/aromatic N) is 5. The highest BCUT2D eigenvalue weighted by Crippen LogP contribution is 2.07. The Hall–Kier alpha value is -3.88. The Morgan fingerprint density at radius 2 is 1.72 bits per heavy atom. The molecular weight excluding hydrogens is 324 g/mol. The molecule has 0 spiro atoms. The van der Waals surface area contributed by atoms with Gasteiger partial charge in [0.1, 0.15) is 6.33 Å². The monoisotopic (exact) mass is 336 g/mol. The van der Waals surface area contributed by atoms with E-state index in [2.05, 4.69) is 26.1 Å². The van der Waals surface area contributed by atoms with Gasteiger partial charge in [0.05, 0.1) is 17.5 Å². The third kappa shape index (κ3) is 3.91. The van der Waals surface area contributed by atoms with Crippen LogP contribution in [0.15, 0.2) is 60.0 Å². The summed E-state index contributed by atoms with van der Waals surface area (Å²) in [5.74, 6) is -1.37. The fourth-order valence-electron chi connectivity index (χ4n) is 1.99. The van der Waals surface area contributed by atoms with Crippen LogP contribution in [0.2, 0.25) is 0 Å². The minimum Gasteiger partial charge on any atom is -0.478 e. The molecular formula is C16H12N6O3. The third-order valence-electron chi connectivity index (χ3n) is 3.28. The quantitative estimate of drug-likeness (QED) is 0.532. The van der Waals surface area contributed by atoms with E-state index in [1.54, 1.807) is 36.4 Å². The Labute approximate surface area is 141 Å². The van der Waals surface area contributed by atoms with E-state index in [9.17, 15) is 9.59 Å². The van der Waals surface area contributed by atoms with Crippen LogP contribution < -0.4 is 5.43 Å². The number of nitrogens with one attached hydrogen (secondary N) is 1. The van der Waals surface area contributed by atoms with Crippen molar-refractivity contribution in [1.82, 2.24) is 25.6 Å². The Balaban J connectivity index is 1.61. The Morgan fingerprint density at radius 3 is 2.32 bits per heavy atom. The number of carboxylic acids is 1. The smallest absolute Gasteiger partial charge is 0.335 e. The maximum absolute atomic E-state index is 12.0. The van der Waals surface area contributed by atoms with Crippen molar-refractivity contribution in [2.45, 2.75) is 0 Å². The molecule has 2 aromatic carbocycles. The van der Waals surface area contributed by atoms with Crippen LogP contribution in [0.1, 0.15) is 26.3 Å². The molecule has 3 aromatic rings. The zero-order valence-corrected chi connectivity index (χ0v) is 12.8. The van der Waals surface area contributed by atoms with Crippen LogP contribution in [0.3, 0.4) is 0 Å². The van der Waals surface area contributed by atoms with Crippen molar-refractivity contribution >= 4 is 18.1 Å². The molecule has 9 heteroatoms. The topological polar surface area (TPSA) is 122 Å². The van der Waals surface area contributed by atoms with Gasteiger partial charge >= 0.3 is 5.97 Å². The first-order valence-corrected chi connectivity index (χ1v) is 7.14. The number of aromatic nitrogens is 4. The summed E-state index contributed by atoms with van der Waals surface area (Å²) in [6.45, 7) is 0. The van der Waals surface area contributed by atoms with Gasteiger partial charge < -0.3 is 5.11 Å². The summed E-state index contributed by atoms with van der Waals surface area (Å²) in [6, 6.07) is 12.8. The molecule has 0 radical (unpaired) electrons. The number of carbonyl (C=O) groups excluding carboxylic acids is 1. The second-order valence-electron chi connectivity index (χ2n) is 4.93. The van der Waals surface area contributed by atoms with Crippen molar-refractivity contribution < 1.29 is 14.7 Å². The molecule has 9 nitrogen and oxygen atoms in total. The number of hydrogen-bond acceptors (Lipinski definition) is 6. The summed E-state index contributed by atoms with van der Waals surface area (Å²) in [5, 5.41) is 23.5. The minimum absolute atomic E-state index is 0.184. The molecule has 0 saturated heterocycles. The van der Waals surface area contributed by atoms with Gasteiger partial charge in [-0.15, -0.1) is 5.10 Å². The number of rotatable bonds is 5. The van der Waals surface area contributed by atoms with Crippen LogP contribution in [-0.4, -0.2) is 43.4 Å². The number of hydrogen-bond donors (Lipinski definition) is 2. The van der Waals surface area contributed by atoms with Gasteiger partial charge in [-0.05, 0) is 52.4 Å². The van der Waals surface area contributed by atoms with E-state index in [1.807, 2.05) is 0 Å². The van der Waals surface area contributed by atoms with Gasteiger partial charge in [-0.3, -0.25) is 4.79 Å². The lowest BCUT2D eigenvalue weighted by molar-refractivity contribution is 0.0696. The predicted molar refractivity (Wildman–Crippen MR) is 87.6 cm³/mol. The molecule has 1 amide bonds. The summed E-state index contributed by atoms with van der Waals surface area (Å²) >= 11 is 0. The number of tetrazole rings is 1. The molecule has 3 rings (SSSR count). The second kappa shape index (κ2) is 7.13. The van der Waals surface area contributed by atoms with Crippen LogP contribution in [-0.2, 0) is 0 Å². The first-order chi connectivity index (χ1) is 12.1. The van der Waals surface area contributed by atoms with E-state index >= 15 is 0 Å². The molecule has 0 aliphatic heterocycles. The maximum atomic E-state index is 12.0. The lowest BCUT2D eigenvalue weighted by Gasteiger charge is -2.02. The molecule has 2 N–H and O–H groups in total. The molecule has 0 bridgehead atoms. The number of benzene rings is 2. The first kappa shape index (κ1) is 16.0. The zero-order chi connectivity index (χ0) is 17.6. The fraction of sp³-hybridized carbons (Fsp3) is 0. The van der Waals surface area contributed by atoms with Crippen LogP contribution in [0.25, 0.3) is 5.69 Å². The van der Waals surface area contributed by atoms with E-state index < -0.39 is 5.97 Å². The normalized spacial score (nSPS) is 10.7. The van der Waals surface area contributed by atoms with Gasteiger partial charge in [0.15, 0.2) is 0 Å². The summed E-state index contributed by atoms with van der Waals surface area (Å²) in [4.78, 5) is 22.8. The number of carbonyl (C=O) groups is 2. The molecule has 25 heavy (non-hydrogen) atoms. The highest BCUT2D eigenvalue weighted by atomic mass is 16.4. The van der Waals surface area contributed by atoms with Crippen molar-refractivity contribution in [2.75, 3.05) is 0 Å². The van der Waals surface area contributed by atoms with Crippen LogP contribution >= 0.6 is 0 Å². The van der Waals surface area contributed by atoms with Crippen molar-refractivity contribution in [3.05, 3.63) is 71.5 Å². The van der Waals surface area contributed by atoms with Gasteiger partial charge in [0.25, 0.3) is 5.91 Å². The summed E-state index contributed by atoms with van der Waals surface area (Å²) in [7, 11) is 0. The molecule has 1 heterocycles. The fourth-order valence-corrected chi connectivity index (χ4v) is 1.99. The molecule has 0 atom stereocenters. The minimum atomic E-state index is -0.998. The molecule has 0 aliphatic rings. The van der Waals surface area contributed by atoms with E-state index in [-0.39, 0.29) is 11.5 Å². The first-order valence-electron chi connectivity index (χ1n) is 7.14. The second-order valence-corrected chi connectivity index (χ2v) is 4.93. The number of amides is 1. The highest BCUT2D eigenvalue weighted by Gasteiger charge is 2.05. The van der Waals surface area contributed by atoms with E-state index in [1.165, 1.54) is 29.4 Å². The number of aromatic carboxylic acids is 1. The van der Waals surface area contributed by atoms with E-state index in [0.29, 0.717) is 11.1 Å². The van der Waals surface area contributed by atoms with Gasteiger partial charge in [0, 0.05) is 5.56 Å². The molecule has 0 fully saturated rings. The number of carboxylic acid groups (broad SMARTS) is 1. The van der Waals surface area contributed by atoms with Gasteiger partial charge in [-0.1, -0.05) is 12.1 Å². The predicted octanol–water partition coefficient (Wildman–Crippen LogP) is 1.12. The van der Waals surface area contributed by atoms with Crippen molar-refractivity contribution in [3.63, 3.8) is 0 Å². The third-order valence-corrected chi connectivity index (χ3v) is 3.28. The average Bonchev–Trinajstić information content (AvgIpc) is 3.17. The summed E-state index contributed by atoms with van der Waals surface area (Å²) in [6.07, 6.45) is 2.88. The largest absolute Gasteiger partial charge is 0.478 e. The van der Waals surface area contributed by atoms with Crippen molar-refractivity contribution in [1.29, 1.82) is 0 Å². The van der Waals surface area contributed by atoms with Crippen LogP contribution in [0.5, 0.6) is 0 Å². The summed E-state index contributed by atoms with van der Waals surface area (Å²) < 4.78 is 1.47. The van der Waals surface area contributed by atoms with Gasteiger partial charge in [-0.25, -0.2) is 14.9 Å².